The number of carbonyl (C=O) groups excluding carboxylic acids is 1. The largest absolute Gasteiger partial charge is 0.480 e. The van der Waals surface area contributed by atoms with Gasteiger partial charge in [-0.2, -0.15) is 13.2 Å². The molecular formula is C11H16F3NO3. The van der Waals surface area contributed by atoms with Gasteiger partial charge in [0.15, 0.2) is 0 Å². The first-order valence-corrected chi connectivity index (χ1v) is 5.65. The molecular weight excluding hydrogens is 251 g/mol. The Morgan fingerprint density at radius 2 is 1.89 bits per heavy atom. The first kappa shape index (κ1) is 14.8. The van der Waals surface area contributed by atoms with Gasteiger partial charge in [-0.05, 0) is 12.8 Å². The van der Waals surface area contributed by atoms with E-state index in [0.29, 0.717) is 12.8 Å². The van der Waals surface area contributed by atoms with Crippen LogP contribution < -0.4 is 0 Å². The second-order valence-electron chi connectivity index (χ2n) is 5.14. The second kappa shape index (κ2) is 4.78. The smallest absolute Gasteiger partial charge is 0.394 e. The number of carboxylic acid groups (broad SMARTS) is 1. The molecule has 1 aliphatic heterocycles. The van der Waals surface area contributed by atoms with Crippen LogP contribution in [0.1, 0.15) is 33.1 Å². The molecule has 18 heavy (non-hydrogen) atoms. The first-order chi connectivity index (χ1) is 8.06. The predicted molar refractivity (Wildman–Crippen MR) is 56.8 cm³/mol. The summed E-state index contributed by atoms with van der Waals surface area (Å²) in [6.07, 6.45) is -4.40. The molecule has 0 saturated carbocycles. The third kappa shape index (κ3) is 2.94. The van der Waals surface area contributed by atoms with Crippen molar-refractivity contribution < 1.29 is 27.9 Å². The number of hydrogen-bond donors (Lipinski definition) is 1. The minimum absolute atomic E-state index is 0.212. The van der Waals surface area contributed by atoms with E-state index >= 15 is 0 Å². The van der Waals surface area contributed by atoms with E-state index in [0.717, 1.165) is 18.7 Å². The zero-order valence-corrected chi connectivity index (χ0v) is 10.3. The molecule has 0 bridgehead atoms. The number of nitrogens with zero attached hydrogens (tertiary/aromatic N) is 1. The van der Waals surface area contributed by atoms with Crippen molar-refractivity contribution in [1.29, 1.82) is 0 Å². The number of halogens is 3. The summed E-state index contributed by atoms with van der Waals surface area (Å²) >= 11 is 0. The Bertz CT molecular complexity index is 352. The van der Waals surface area contributed by atoms with Crippen LogP contribution in [-0.2, 0) is 9.59 Å². The molecule has 104 valence electrons. The molecule has 0 aliphatic carbocycles. The molecule has 1 amide bonds. The summed E-state index contributed by atoms with van der Waals surface area (Å²) in [6, 6.07) is -0.985. The highest BCUT2D eigenvalue weighted by molar-refractivity contribution is 5.84. The maximum atomic E-state index is 12.6. The highest BCUT2D eigenvalue weighted by Gasteiger charge is 2.49. The van der Waals surface area contributed by atoms with Gasteiger partial charge in [-0.25, -0.2) is 4.79 Å². The van der Waals surface area contributed by atoms with E-state index in [1.54, 1.807) is 0 Å². The first-order valence-electron chi connectivity index (χ1n) is 5.65. The molecule has 0 radical (unpaired) electrons. The van der Waals surface area contributed by atoms with Crippen molar-refractivity contribution in [3.05, 3.63) is 0 Å². The topological polar surface area (TPSA) is 57.6 Å². The van der Waals surface area contributed by atoms with Crippen LogP contribution in [0.4, 0.5) is 13.2 Å². The predicted octanol–water partition coefficient (Wildman–Crippen LogP) is 2.04. The lowest BCUT2D eigenvalue weighted by Crippen LogP contribution is -2.44. The molecule has 1 aliphatic rings. The van der Waals surface area contributed by atoms with Gasteiger partial charge < -0.3 is 10.0 Å². The highest BCUT2D eigenvalue weighted by atomic mass is 19.4. The van der Waals surface area contributed by atoms with E-state index in [9.17, 15) is 22.8 Å². The van der Waals surface area contributed by atoms with Gasteiger partial charge in [0.2, 0.25) is 5.91 Å². The van der Waals surface area contributed by atoms with Gasteiger partial charge in [-0.3, -0.25) is 4.79 Å². The Morgan fingerprint density at radius 3 is 2.33 bits per heavy atom. The van der Waals surface area contributed by atoms with Gasteiger partial charge in [0.25, 0.3) is 0 Å². The molecule has 0 aromatic heterocycles. The number of amides is 1. The average molecular weight is 267 g/mol. The molecule has 7 heteroatoms. The highest BCUT2D eigenvalue weighted by Crippen LogP contribution is 2.41. The van der Waals surface area contributed by atoms with Crippen LogP contribution in [0.5, 0.6) is 0 Å². The Balaban J connectivity index is 2.74. The maximum Gasteiger partial charge on any atom is 0.394 e. The van der Waals surface area contributed by atoms with Crippen LogP contribution in [0.2, 0.25) is 0 Å². The van der Waals surface area contributed by atoms with Crippen molar-refractivity contribution in [3.63, 3.8) is 0 Å². The van der Waals surface area contributed by atoms with Crippen LogP contribution in [0, 0.1) is 5.41 Å². The number of carboxylic acids is 1. The number of likely N-dealkylation sites (tertiary alicyclic amines) is 1. The summed E-state index contributed by atoms with van der Waals surface area (Å²) in [5.41, 5.74) is -2.14. The van der Waals surface area contributed by atoms with Crippen LogP contribution in [0.25, 0.3) is 0 Å². The fourth-order valence-corrected chi connectivity index (χ4v) is 1.90. The van der Waals surface area contributed by atoms with Crippen molar-refractivity contribution >= 4 is 11.9 Å². The van der Waals surface area contributed by atoms with Crippen molar-refractivity contribution in [3.8, 4) is 0 Å². The second-order valence-corrected chi connectivity index (χ2v) is 5.14. The fraction of sp³-hybridized carbons (Fsp3) is 0.818. The summed E-state index contributed by atoms with van der Waals surface area (Å²) < 4.78 is 37.9. The van der Waals surface area contributed by atoms with Gasteiger partial charge in [0, 0.05) is 13.0 Å². The Morgan fingerprint density at radius 1 is 1.33 bits per heavy atom. The van der Waals surface area contributed by atoms with Gasteiger partial charge in [-0.1, -0.05) is 13.8 Å². The molecule has 0 aromatic rings. The summed E-state index contributed by atoms with van der Waals surface area (Å²) in [6.45, 7) is 2.09. The number of hydrogen-bond acceptors (Lipinski definition) is 2. The summed E-state index contributed by atoms with van der Waals surface area (Å²) in [5, 5.41) is 8.87. The third-order valence-corrected chi connectivity index (χ3v) is 3.22. The number of carbonyl (C=O) groups is 2. The van der Waals surface area contributed by atoms with E-state index in [1.165, 1.54) is 0 Å². The number of aliphatic carboxylic acids is 1. The SMILES string of the molecule is CC(C)(CC(=O)N1CCC[C@@H]1C(=O)O)C(F)(F)F. The van der Waals surface area contributed by atoms with E-state index < -0.39 is 35.9 Å². The van der Waals surface area contributed by atoms with Crippen LogP contribution >= 0.6 is 0 Å². The number of rotatable bonds is 3. The minimum Gasteiger partial charge on any atom is -0.480 e. The molecule has 1 fully saturated rings. The van der Waals surface area contributed by atoms with Crippen molar-refractivity contribution in [2.75, 3.05) is 6.54 Å². The number of alkyl halides is 3. The average Bonchev–Trinajstić information content (AvgIpc) is 2.62. The maximum absolute atomic E-state index is 12.6. The van der Waals surface area contributed by atoms with E-state index in [4.69, 9.17) is 5.11 Å². The third-order valence-electron chi connectivity index (χ3n) is 3.22. The zero-order chi connectivity index (χ0) is 14.1. The molecule has 0 unspecified atom stereocenters. The van der Waals surface area contributed by atoms with Gasteiger partial charge in [0.05, 0.1) is 5.41 Å². The molecule has 0 spiro atoms. The quantitative estimate of drug-likeness (QED) is 0.851. The molecule has 1 heterocycles. The fourth-order valence-electron chi connectivity index (χ4n) is 1.90. The van der Waals surface area contributed by atoms with Crippen molar-refractivity contribution in [2.24, 2.45) is 5.41 Å². The lowest BCUT2D eigenvalue weighted by Gasteiger charge is -2.30. The molecule has 0 aromatic carbocycles. The Kier molecular flexibility index (Phi) is 3.92. The Labute approximate surface area is 103 Å². The molecule has 1 N–H and O–H groups in total. The zero-order valence-electron chi connectivity index (χ0n) is 10.3. The van der Waals surface area contributed by atoms with Gasteiger partial charge in [0.1, 0.15) is 6.04 Å². The molecule has 1 rings (SSSR count). The van der Waals surface area contributed by atoms with Crippen LogP contribution in [0.15, 0.2) is 0 Å². The van der Waals surface area contributed by atoms with Gasteiger partial charge >= 0.3 is 12.1 Å². The molecule has 4 nitrogen and oxygen atoms in total. The summed E-state index contributed by atoms with van der Waals surface area (Å²) in [7, 11) is 0. The Hall–Kier alpha value is -1.27. The van der Waals surface area contributed by atoms with E-state index in [2.05, 4.69) is 0 Å². The molecule has 1 atom stereocenters. The monoisotopic (exact) mass is 267 g/mol. The lowest BCUT2D eigenvalue weighted by molar-refractivity contribution is -0.215. The summed E-state index contributed by atoms with van der Waals surface area (Å²) in [5.74, 6) is -1.91. The van der Waals surface area contributed by atoms with E-state index in [-0.39, 0.29) is 6.54 Å². The van der Waals surface area contributed by atoms with Crippen LogP contribution in [-0.4, -0.2) is 40.6 Å². The minimum atomic E-state index is -4.49. The van der Waals surface area contributed by atoms with Crippen LogP contribution in [0.3, 0.4) is 0 Å². The standard InChI is InChI=1S/C11H16F3NO3/c1-10(2,11(12,13)14)6-8(16)15-5-3-4-7(15)9(17)18/h7H,3-6H2,1-2H3,(H,17,18)/t7-/m1/s1. The normalized spacial score (nSPS) is 21.2. The van der Waals surface area contributed by atoms with Gasteiger partial charge in [-0.15, -0.1) is 0 Å². The van der Waals surface area contributed by atoms with Crippen molar-refractivity contribution in [1.82, 2.24) is 4.90 Å². The van der Waals surface area contributed by atoms with E-state index in [1.807, 2.05) is 0 Å². The molecule has 1 saturated heterocycles. The summed E-state index contributed by atoms with van der Waals surface area (Å²) in [4.78, 5) is 23.7. The lowest BCUT2D eigenvalue weighted by atomic mass is 9.88. The van der Waals surface area contributed by atoms with Crippen molar-refractivity contribution in [2.45, 2.75) is 45.3 Å².